The maximum Gasteiger partial charge on any atom is 0.0801 e. The Morgan fingerprint density at radius 3 is 1.07 bits per heavy atom. The van der Waals surface area contributed by atoms with Crippen molar-refractivity contribution in [1.29, 1.82) is 0 Å². The van der Waals surface area contributed by atoms with Crippen molar-refractivity contribution in [2.75, 3.05) is 0 Å². The number of hydrogen-bond acceptors (Lipinski definition) is 4. The van der Waals surface area contributed by atoms with Crippen molar-refractivity contribution in [3.63, 3.8) is 0 Å². The lowest BCUT2D eigenvalue weighted by Gasteiger charge is -2.10. The molecule has 0 fully saturated rings. The van der Waals surface area contributed by atoms with Gasteiger partial charge in [-0.15, -0.1) is 0 Å². The lowest BCUT2D eigenvalue weighted by atomic mass is 9.99. The molecule has 0 spiro atoms. The molecule has 0 atom stereocenters. The van der Waals surface area contributed by atoms with Crippen molar-refractivity contribution in [3.8, 4) is 0 Å². The minimum absolute atomic E-state index is 0.915. The molecular formula is C40H50Br2N4. The molecule has 0 saturated heterocycles. The second-order valence-corrected chi connectivity index (χ2v) is 14.5. The molecular weight excluding hydrogens is 696 g/mol. The molecule has 0 N–H and O–H groups in total. The molecule has 5 aliphatic heterocycles. The van der Waals surface area contributed by atoms with E-state index in [2.05, 4.69) is 94.3 Å². The van der Waals surface area contributed by atoms with E-state index >= 15 is 0 Å². The van der Waals surface area contributed by atoms with E-state index in [9.17, 15) is 0 Å². The Morgan fingerprint density at radius 2 is 0.674 bits per heavy atom. The van der Waals surface area contributed by atoms with Crippen LogP contribution in [-0.2, 0) is 0 Å². The van der Waals surface area contributed by atoms with Gasteiger partial charge in [-0.3, -0.25) is 0 Å². The van der Waals surface area contributed by atoms with Crippen LogP contribution in [0.2, 0.25) is 0 Å². The monoisotopic (exact) mass is 744 g/mol. The van der Waals surface area contributed by atoms with Gasteiger partial charge in [0, 0.05) is 11.1 Å². The quantitative estimate of drug-likeness (QED) is 0.125. The minimum Gasteiger partial charge on any atom is -0.247 e. The van der Waals surface area contributed by atoms with Gasteiger partial charge >= 0.3 is 0 Å². The smallest absolute Gasteiger partial charge is 0.0801 e. The van der Waals surface area contributed by atoms with E-state index in [0.29, 0.717) is 0 Å². The highest BCUT2D eigenvalue weighted by molar-refractivity contribution is 9.12. The summed E-state index contributed by atoms with van der Waals surface area (Å²) in [7, 11) is 0. The van der Waals surface area contributed by atoms with Crippen molar-refractivity contribution in [2.45, 2.75) is 129 Å². The number of allylic oxidation sites excluding steroid dienone is 12. The van der Waals surface area contributed by atoms with E-state index in [1.807, 2.05) is 0 Å². The van der Waals surface area contributed by atoms with Crippen molar-refractivity contribution in [3.05, 3.63) is 91.5 Å². The highest BCUT2D eigenvalue weighted by Crippen LogP contribution is 2.34. The molecule has 0 unspecified atom stereocenters. The van der Waals surface area contributed by atoms with Crippen molar-refractivity contribution < 1.29 is 0 Å². The third kappa shape index (κ3) is 9.34. The summed E-state index contributed by atoms with van der Waals surface area (Å²) in [4.78, 5) is 20.5. The van der Waals surface area contributed by atoms with Gasteiger partial charge in [0.15, 0.2) is 0 Å². The van der Waals surface area contributed by atoms with Crippen LogP contribution in [0.15, 0.2) is 111 Å². The van der Waals surface area contributed by atoms with Crippen molar-refractivity contribution in [2.24, 2.45) is 20.0 Å². The second-order valence-electron chi connectivity index (χ2n) is 12.9. The third-order valence-corrected chi connectivity index (χ3v) is 10.9. The highest BCUT2D eigenvalue weighted by Gasteiger charge is 2.24. The van der Waals surface area contributed by atoms with Crippen LogP contribution in [0.4, 0.5) is 0 Å². The van der Waals surface area contributed by atoms with Crippen LogP contribution in [0.1, 0.15) is 129 Å². The zero-order valence-corrected chi connectivity index (χ0v) is 31.1. The Bertz CT molecular complexity index is 1400. The summed E-state index contributed by atoms with van der Waals surface area (Å²) in [6.45, 7) is 4.56. The summed E-state index contributed by atoms with van der Waals surface area (Å²) in [6.07, 6.45) is 39.7. The summed E-state index contributed by atoms with van der Waals surface area (Å²) in [5.41, 5.74) is 10.1. The number of rotatable bonds is 18. The number of hydrogen-bond donors (Lipinski definition) is 0. The molecule has 244 valence electrons. The normalized spacial score (nSPS) is 18.5. The Kier molecular flexibility index (Phi) is 13.8. The predicted molar refractivity (Wildman–Crippen MR) is 207 cm³/mol. The molecule has 5 aliphatic rings. The molecule has 4 nitrogen and oxygen atoms in total. The molecule has 0 aromatic rings. The zero-order chi connectivity index (χ0) is 32.1. The molecule has 0 aromatic carbocycles. The predicted octanol–water partition coefficient (Wildman–Crippen LogP) is 12.8. The second kappa shape index (κ2) is 18.2. The van der Waals surface area contributed by atoms with E-state index in [0.717, 1.165) is 80.3 Å². The van der Waals surface area contributed by atoms with E-state index in [4.69, 9.17) is 20.0 Å². The SMILES string of the molecule is CCCCCCCCCCC1=C2C=CC(=N2)C(Br)=C2C=CC(=N2)C(CCCCCCCCCC)=C2C=CC(=N2)C(Br)=C2C=CC1=N2. The summed E-state index contributed by atoms with van der Waals surface area (Å²) >= 11 is 7.75. The first kappa shape index (κ1) is 34.9. The molecule has 8 bridgehead atoms. The van der Waals surface area contributed by atoms with Crippen molar-refractivity contribution in [1.82, 2.24) is 0 Å². The largest absolute Gasteiger partial charge is 0.247 e. The number of unbranched alkanes of at least 4 members (excludes halogenated alkanes) is 14. The van der Waals surface area contributed by atoms with Gasteiger partial charge < -0.3 is 0 Å². The lowest BCUT2D eigenvalue weighted by Crippen LogP contribution is -2.02. The third-order valence-electron chi connectivity index (χ3n) is 9.26. The van der Waals surface area contributed by atoms with Crippen LogP contribution < -0.4 is 0 Å². The molecule has 0 aromatic heterocycles. The van der Waals surface area contributed by atoms with Crippen LogP contribution in [0.25, 0.3) is 0 Å². The number of fused-ring (bicyclic) bond motifs is 4. The molecule has 46 heavy (non-hydrogen) atoms. The summed E-state index contributed by atoms with van der Waals surface area (Å²) < 4.78 is 1.86. The van der Waals surface area contributed by atoms with Crippen LogP contribution in [0.3, 0.4) is 0 Å². The van der Waals surface area contributed by atoms with Gasteiger partial charge in [-0.25, -0.2) is 20.0 Å². The van der Waals surface area contributed by atoms with Gasteiger partial charge in [0.1, 0.15) is 0 Å². The standard InChI is InChI=1S/C40H50Br2N4/c1-3-5-7-9-11-13-15-17-19-29-31-21-25-35(43-31)39(41)37-27-23-33(45-37)30(20-18-16-14-12-10-8-6-4-2)34-24-28-38(46-34)40(42)36-26-22-32(29)44-36/h21-28H,3-20H2,1-2H3. The fourth-order valence-electron chi connectivity index (χ4n) is 6.52. The van der Waals surface area contributed by atoms with Crippen LogP contribution in [0, 0.1) is 0 Å². The highest BCUT2D eigenvalue weighted by atomic mass is 79.9. The van der Waals surface area contributed by atoms with Gasteiger partial charge in [0.2, 0.25) is 0 Å². The first-order valence-electron chi connectivity index (χ1n) is 17.9. The summed E-state index contributed by atoms with van der Waals surface area (Å²) in [6, 6.07) is 0. The molecule has 0 saturated carbocycles. The number of halogens is 2. The summed E-state index contributed by atoms with van der Waals surface area (Å²) in [5.74, 6) is 0. The van der Waals surface area contributed by atoms with Gasteiger partial charge in [-0.2, -0.15) is 0 Å². The molecule has 5 heterocycles. The number of nitrogens with zero attached hydrogens (tertiary/aromatic N) is 4. The Balaban J connectivity index is 1.39. The molecule has 5 rings (SSSR count). The maximum atomic E-state index is 5.13. The molecule has 0 amide bonds. The van der Waals surface area contributed by atoms with E-state index < -0.39 is 0 Å². The number of aliphatic imine (C=N–C) groups is 4. The average Bonchev–Trinajstić information content (AvgIpc) is 3.90. The zero-order valence-electron chi connectivity index (χ0n) is 27.9. The minimum atomic E-state index is 0.915. The van der Waals surface area contributed by atoms with Crippen molar-refractivity contribution >= 4 is 54.7 Å². The lowest BCUT2D eigenvalue weighted by molar-refractivity contribution is 0.576. The molecule has 0 aliphatic carbocycles. The average molecular weight is 747 g/mol. The fourth-order valence-corrected chi connectivity index (χ4v) is 7.40. The Hall–Kier alpha value is -2.44. The Labute approximate surface area is 294 Å². The van der Waals surface area contributed by atoms with Gasteiger partial charge in [-0.1, -0.05) is 104 Å². The maximum absolute atomic E-state index is 5.13. The first-order valence-corrected chi connectivity index (χ1v) is 19.5. The first-order chi connectivity index (χ1) is 22.6. The molecule has 6 heteroatoms. The van der Waals surface area contributed by atoms with Crippen LogP contribution >= 0.6 is 31.9 Å². The van der Waals surface area contributed by atoms with E-state index in [-0.39, 0.29) is 0 Å². The van der Waals surface area contributed by atoms with E-state index in [1.54, 1.807) is 0 Å². The van der Waals surface area contributed by atoms with Gasteiger partial charge in [0.25, 0.3) is 0 Å². The van der Waals surface area contributed by atoms with E-state index in [1.165, 1.54) is 101 Å². The van der Waals surface area contributed by atoms with Gasteiger partial charge in [0.05, 0.1) is 54.6 Å². The van der Waals surface area contributed by atoms with Crippen LogP contribution in [0.5, 0.6) is 0 Å². The Morgan fingerprint density at radius 1 is 0.370 bits per heavy atom. The van der Waals surface area contributed by atoms with Gasteiger partial charge in [-0.05, 0) is 106 Å². The fraction of sp³-hybridized carbons (Fsp3) is 0.500. The van der Waals surface area contributed by atoms with Crippen LogP contribution in [-0.4, -0.2) is 22.8 Å². The molecule has 0 radical (unpaired) electrons. The summed E-state index contributed by atoms with van der Waals surface area (Å²) in [5, 5.41) is 0. The topological polar surface area (TPSA) is 49.4 Å².